The van der Waals surface area contributed by atoms with E-state index in [1.807, 2.05) is 6.92 Å². The van der Waals surface area contributed by atoms with E-state index in [0.717, 1.165) is 6.42 Å². The summed E-state index contributed by atoms with van der Waals surface area (Å²) in [6.07, 6.45) is 2.47. The van der Waals surface area contributed by atoms with Gasteiger partial charge in [-0.2, -0.15) is 0 Å². The first-order valence-corrected chi connectivity index (χ1v) is 4.51. The Hall–Kier alpha value is -1.16. The lowest BCUT2D eigenvalue weighted by Crippen LogP contribution is -2.26. The molecule has 0 aromatic carbocycles. The maximum absolute atomic E-state index is 11.2. The van der Waals surface area contributed by atoms with E-state index in [-0.39, 0.29) is 10.7 Å². The van der Waals surface area contributed by atoms with Crippen LogP contribution in [0.15, 0.2) is 29.2 Å². The van der Waals surface area contributed by atoms with Gasteiger partial charge in [-0.05, 0) is 24.7 Å². The van der Waals surface area contributed by atoms with Crippen molar-refractivity contribution in [3.8, 4) is 0 Å². The zero-order valence-electron chi connectivity index (χ0n) is 7.40. The summed E-state index contributed by atoms with van der Waals surface area (Å²) in [5.74, 6) is 0. The minimum Gasteiger partial charge on any atom is -0.470 e. The molecule has 0 unspecified atom stereocenters. The van der Waals surface area contributed by atoms with E-state index < -0.39 is 0 Å². The van der Waals surface area contributed by atoms with Gasteiger partial charge in [0.25, 0.3) is 10.7 Å². The second-order valence-corrected chi connectivity index (χ2v) is 2.87. The van der Waals surface area contributed by atoms with E-state index in [1.54, 1.807) is 18.3 Å². The lowest BCUT2D eigenvalue weighted by Gasteiger charge is -2.07. The molecule has 0 atom stereocenters. The summed E-state index contributed by atoms with van der Waals surface area (Å²) < 4.78 is 6.46. The first kappa shape index (κ1) is 9.92. The Labute approximate surface area is 82.0 Å². The molecule has 0 aliphatic heterocycles. The van der Waals surface area contributed by atoms with Crippen molar-refractivity contribution in [2.45, 2.75) is 13.3 Å². The summed E-state index contributed by atoms with van der Waals surface area (Å²) in [6, 6.07) is 4.85. The van der Waals surface area contributed by atoms with E-state index in [0.29, 0.717) is 6.61 Å². The van der Waals surface area contributed by atoms with Gasteiger partial charge in [0, 0.05) is 12.3 Å². The molecule has 70 valence electrons. The summed E-state index contributed by atoms with van der Waals surface area (Å²) in [7, 11) is 0. The topological polar surface area (TPSA) is 31.2 Å². The van der Waals surface area contributed by atoms with Crippen molar-refractivity contribution in [2.75, 3.05) is 6.61 Å². The van der Waals surface area contributed by atoms with Crippen LogP contribution < -0.4 is 5.56 Å². The molecule has 0 N–H and O–H groups in total. The Morgan fingerprint density at radius 1 is 1.62 bits per heavy atom. The van der Waals surface area contributed by atoms with Gasteiger partial charge in [0.15, 0.2) is 0 Å². The zero-order chi connectivity index (χ0) is 9.68. The van der Waals surface area contributed by atoms with Crippen molar-refractivity contribution in [3.05, 3.63) is 34.7 Å². The highest BCUT2D eigenvalue weighted by atomic mass is 32.1. The Kier molecular flexibility index (Phi) is 3.64. The molecule has 0 bridgehead atoms. The first-order valence-electron chi connectivity index (χ1n) is 4.10. The third-order valence-electron chi connectivity index (χ3n) is 1.45. The van der Waals surface area contributed by atoms with Gasteiger partial charge in [0.1, 0.15) is 0 Å². The molecule has 0 amide bonds. The second-order valence-electron chi connectivity index (χ2n) is 2.52. The fraction of sp³-hybridized carbons (Fsp3) is 0.333. The molecular weight excluding hydrogens is 186 g/mol. The number of hydrogen-bond acceptors (Lipinski definition) is 3. The van der Waals surface area contributed by atoms with Gasteiger partial charge in [-0.3, -0.25) is 4.79 Å². The van der Waals surface area contributed by atoms with Crippen LogP contribution in [0.4, 0.5) is 0 Å². The number of hydrogen-bond donors (Lipinski definition) is 0. The third kappa shape index (κ3) is 2.66. The molecule has 1 heterocycles. The monoisotopic (exact) mass is 197 g/mol. The van der Waals surface area contributed by atoms with Crippen molar-refractivity contribution in [1.29, 1.82) is 0 Å². The van der Waals surface area contributed by atoms with Gasteiger partial charge in [-0.25, -0.2) is 4.57 Å². The molecule has 1 aromatic rings. The van der Waals surface area contributed by atoms with Crippen LogP contribution in [-0.4, -0.2) is 16.3 Å². The van der Waals surface area contributed by atoms with Crippen LogP contribution in [0.25, 0.3) is 0 Å². The molecule has 0 saturated heterocycles. The molecule has 1 aromatic heterocycles. The predicted molar refractivity (Wildman–Crippen MR) is 54.9 cm³/mol. The summed E-state index contributed by atoms with van der Waals surface area (Å²) in [4.78, 5) is 11.2. The van der Waals surface area contributed by atoms with E-state index in [9.17, 15) is 4.79 Å². The first-order chi connectivity index (χ1) is 6.25. The molecule has 0 aliphatic carbocycles. The molecular formula is C9H11NO2S. The predicted octanol–water partition coefficient (Wildman–Crippen LogP) is 1.41. The Morgan fingerprint density at radius 2 is 2.38 bits per heavy atom. The fourth-order valence-corrected chi connectivity index (χ4v) is 1.07. The smallest absolute Gasteiger partial charge is 0.270 e. The highest BCUT2D eigenvalue weighted by Gasteiger charge is 2.00. The Bertz CT molecular complexity index is 345. The van der Waals surface area contributed by atoms with E-state index in [2.05, 4.69) is 0 Å². The van der Waals surface area contributed by atoms with Gasteiger partial charge in [0.2, 0.25) is 0 Å². The molecule has 0 fully saturated rings. The van der Waals surface area contributed by atoms with Gasteiger partial charge in [0.05, 0.1) is 6.61 Å². The fourth-order valence-electron chi connectivity index (χ4n) is 0.837. The van der Waals surface area contributed by atoms with Crippen LogP contribution in [0.2, 0.25) is 0 Å². The third-order valence-corrected chi connectivity index (χ3v) is 1.76. The van der Waals surface area contributed by atoms with E-state index >= 15 is 0 Å². The lowest BCUT2D eigenvalue weighted by atomic mass is 10.5. The highest BCUT2D eigenvalue weighted by Crippen LogP contribution is 1.89. The van der Waals surface area contributed by atoms with Gasteiger partial charge in [-0.1, -0.05) is 13.0 Å². The quantitative estimate of drug-likeness (QED) is 0.672. The number of nitrogens with zero attached hydrogens (tertiary/aromatic N) is 1. The van der Waals surface area contributed by atoms with Crippen LogP contribution in [0.3, 0.4) is 0 Å². The lowest BCUT2D eigenvalue weighted by molar-refractivity contribution is 0.299. The maximum atomic E-state index is 11.2. The number of pyridine rings is 1. The Balaban J connectivity index is 2.77. The van der Waals surface area contributed by atoms with Crippen LogP contribution in [0, 0.1) is 0 Å². The molecule has 3 nitrogen and oxygen atoms in total. The summed E-state index contributed by atoms with van der Waals surface area (Å²) >= 11 is 4.91. The molecule has 0 aliphatic rings. The molecule has 0 saturated carbocycles. The standard InChI is InChI=1S/C9H11NO2S/c1-2-7-12-9(13)10-6-4-3-5-8(10)11/h3-6H,2,7H2,1H3. The van der Waals surface area contributed by atoms with Gasteiger partial charge in [-0.15, -0.1) is 0 Å². The van der Waals surface area contributed by atoms with Crippen LogP contribution in [0.5, 0.6) is 0 Å². The largest absolute Gasteiger partial charge is 0.470 e. The van der Waals surface area contributed by atoms with Crippen molar-refractivity contribution in [3.63, 3.8) is 0 Å². The molecule has 0 radical (unpaired) electrons. The van der Waals surface area contributed by atoms with Gasteiger partial charge >= 0.3 is 0 Å². The van der Waals surface area contributed by atoms with Crippen LogP contribution >= 0.6 is 12.2 Å². The molecule has 4 heteroatoms. The average molecular weight is 197 g/mol. The second kappa shape index (κ2) is 4.77. The SMILES string of the molecule is CCCOC(=S)n1ccccc1=O. The summed E-state index contributed by atoms with van der Waals surface area (Å²) in [5.41, 5.74) is -0.163. The number of ether oxygens (including phenoxy) is 1. The maximum Gasteiger partial charge on any atom is 0.270 e. The minimum absolute atomic E-state index is 0.163. The number of rotatable bonds is 2. The van der Waals surface area contributed by atoms with E-state index in [1.165, 1.54) is 10.6 Å². The number of thiocarbonyl (C=S) groups is 1. The van der Waals surface area contributed by atoms with Crippen molar-refractivity contribution in [1.82, 2.24) is 4.57 Å². The van der Waals surface area contributed by atoms with Crippen LogP contribution in [0.1, 0.15) is 13.3 Å². The Morgan fingerprint density at radius 3 is 3.00 bits per heavy atom. The summed E-state index contributed by atoms with van der Waals surface area (Å²) in [6.45, 7) is 2.52. The zero-order valence-corrected chi connectivity index (χ0v) is 8.21. The van der Waals surface area contributed by atoms with Gasteiger partial charge < -0.3 is 4.74 Å². The summed E-state index contributed by atoms with van der Waals surface area (Å²) in [5, 5.41) is 0.215. The molecule has 1 rings (SSSR count). The highest BCUT2D eigenvalue weighted by molar-refractivity contribution is 7.80. The van der Waals surface area contributed by atoms with E-state index in [4.69, 9.17) is 17.0 Å². The normalized spacial score (nSPS) is 9.62. The van der Waals surface area contributed by atoms with Crippen LogP contribution in [-0.2, 0) is 4.74 Å². The molecule has 0 spiro atoms. The van der Waals surface area contributed by atoms with Crippen molar-refractivity contribution >= 4 is 17.4 Å². The van der Waals surface area contributed by atoms with Crippen molar-refractivity contribution < 1.29 is 4.74 Å². The minimum atomic E-state index is -0.163. The van der Waals surface area contributed by atoms with Crippen molar-refractivity contribution in [2.24, 2.45) is 0 Å². The average Bonchev–Trinajstić information content (AvgIpc) is 2.15. The number of aromatic nitrogens is 1. The molecule has 13 heavy (non-hydrogen) atoms.